The lowest BCUT2D eigenvalue weighted by atomic mass is 9.87. The van der Waals surface area contributed by atoms with Crippen LogP contribution in [0.4, 0.5) is 0 Å². The molecule has 0 saturated heterocycles. The minimum atomic E-state index is -0.322. The Morgan fingerprint density at radius 3 is 2.12 bits per heavy atom. The van der Waals surface area contributed by atoms with Crippen LogP contribution in [0.3, 0.4) is 0 Å². The van der Waals surface area contributed by atoms with Crippen LogP contribution in [0, 0.1) is 5.41 Å². The topological polar surface area (TPSA) is 40.5 Å². The van der Waals surface area contributed by atoms with Crippen LogP contribution < -0.4 is 0 Å². The van der Waals surface area contributed by atoms with Gasteiger partial charge in [-0.25, -0.2) is 0 Å². The molecule has 0 saturated carbocycles. The number of hydrogen-bond donors (Lipinski definition) is 1. The fraction of sp³-hybridized carbons (Fsp3) is 0.923. The molecule has 0 radical (unpaired) electrons. The Balaban J connectivity index is 4.60. The molecule has 16 heavy (non-hydrogen) atoms. The van der Waals surface area contributed by atoms with E-state index in [9.17, 15) is 4.79 Å². The van der Waals surface area contributed by atoms with E-state index in [-0.39, 0.29) is 17.8 Å². The highest BCUT2D eigenvalue weighted by atomic mass is 16.3. The fourth-order valence-electron chi connectivity index (χ4n) is 1.94. The summed E-state index contributed by atoms with van der Waals surface area (Å²) in [6.45, 7) is 11.4. The lowest BCUT2D eigenvalue weighted by Gasteiger charge is -2.35. The van der Waals surface area contributed by atoms with E-state index < -0.39 is 0 Å². The van der Waals surface area contributed by atoms with Crippen LogP contribution in [0.1, 0.15) is 47.5 Å². The predicted molar refractivity (Wildman–Crippen MR) is 67.5 cm³/mol. The van der Waals surface area contributed by atoms with Gasteiger partial charge in [-0.3, -0.25) is 9.69 Å². The minimum absolute atomic E-state index is 0.157. The molecule has 0 bridgehead atoms. The Kier molecular flexibility index (Phi) is 6.84. The Labute approximate surface area is 99.8 Å². The third-order valence-corrected chi connectivity index (χ3v) is 3.40. The number of aliphatic hydroxyl groups is 1. The number of hydrogen-bond acceptors (Lipinski definition) is 3. The lowest BCUT2D eigenvalue weighted by molar-refractivity contribution is -0.126. The predicted octanol–water partition coefficient (Wildman–Crippen LogP) is 2.08. The highest BCUT2D eigenvalue weighted by Crippen LogP contribution is 2.21. The normalized spacial score (nSPS) is 12.5. The number of carbonyl (C=O) groups is 1. The first-order valence-electron chi connectivity index (χ1n) is 6.25. The summed E-state index contributed by atoms with van der Waals surface area (Å²) in [6.07, 6.45) is 2.12. The van der Waals surface area contributed by atoms with Gasteiger partial charge in [-0.2, -0.15) is 0 Å². The van der Waals surface area contributed by atoms with Gasteiger partial charge in [0.1, 0.15) is 5.78 Å². The van der Waals surface area contributed by atoms with Crippen molar-refractivity contribution in [2.24, 2.45) is 5.41 Å². The summed E-state index contributed by atoms with van der Waals surface area (Å²) in [6, 6.07) is 0.464. The van der Waals surface area contributed by atoms with Gasteiger partial charge in [-0.15, -0.1) is 0 Å². The second kappa shape index (κ2) is 7.02. The molecule has 0 fully saturated rings. The number of aliphatic hydroxyl groups excluding tert-OH is 1. The first kappa shape index (κ1) is 15.6. The van der Waals surface area contributed by atoms with Crippen LogP contribution in [0.15, 0.2) is 0 Å². The van der Waals surface area contributed by atoms with Gasteiger partial charge in [0.2, 0.25) is 0 Å². The monoisotopic (exact) mass is 229 g/mol. The second-order valence-electron chi connectivity index (χ2n) is 5.10. The van der Waals surface area contributed by atoms with Crippen LogP contribution in [-0.4, -0.2) is 41.5 Å². The first-order valence-corrected chi connectivity index (χ1v) is 6.25. The largest absolute Gasteiger partial charge is 0.395 e. The number of ketones is 1. The zero-order valence-corrected chi connectivity index (χ0v) is 11.4. The molecule has 0 aromatic carbocycles. The number of nitrogens with zero attached hydrogens (tertiary/aromatic N) is 1. The van der Waals surface area contributed by atoms with Gasteiger partial charge < -0.3 is 5.11 Å². The maximum absolute atomic E-state index is 11.5. The van der Waals surface area contributed by atoms with Gasteiger partial charge in [-0.1, -0.05) is 27.7 Å². The van der Waals surface area contributed by atoms with E-state index in [4.69, 9.17) is 5.11 Å². The molecule has 96 valence electrons. The van der Waals surface area contributed by atoms with Crippen LogP contribution in [0.25, 0.3) is 0 Å². The van der Waals surface area contributed by atoms with Crippen molar-refractivity contribution in [1.29, 1.82) is 0 Å². The Morgan fingerprint density at radius 2 is 1.81 bits per heavy atom. The molecule has 0 aliphatic carbocycles. The summed E-state index contributed by atoms with van der Waals surface area (Å²) < 4.78 is 0. The highest BCUT2D eigenvalue weighted by Gasteiger charge is 2.28. The minimum Gasteiger partial charge on any atom is -0.395 e. The van der Waals surface area contributed by atoms with E-state index in [0.717, 1.165) is 19.4 Å². The molecular weight excluding hydrogens is 202 g/mol. The molecule has 1 N–H and O–H groups in total. The number of rotatable bonds is 8. The van der Waals surface area contributed by atoms with Crippen molar-refractivity contribution in [3.63, 3.8) is 0 Å². The third kappa shape index (κ3) is 4.62. The molecule has 0 aromatic rings. The summed E-state index contributed by atoms with van der Waals surface area (Å²) in [5.74, 6) is 0.210. The first-order chi connectivity index (χ1) is 7.38. The van der Waals surface area contributed by atoms with E-state index in [1.165, 1.54) is 0 Å². The molecule has 0 aromatic heterocycles. The standard InChI is InChI=1S/C13H27NO2/c1-6-12(7-2)14(8-9-15)10-13(4,5)11(3)16/h12,15H,6-10H2,1-5H3. The second-order valence-corrected chi connectivity index (χ2v) is 5.10. The van der Waals surface area contributed by atoms with Gasteiger partial charge in [0.05, 0.1) is 6.61 Å². The smallest absolute Gasteiger partial charge is 0.136 e. The summed E-state index contributed by atoms with van der Waals surface area (Å²) in [5.41, 5.74) is -0.322. The van der Waals surface area contributed by atoms with E-state index in [1.54, 1.807) is 6.92 Å². The van der Waals surface area contributed by atoms with Crippen molar-refractivity contribution in [2.75, 3.05) is 19.7 Å². The van der Waals surface area contributed by atoms with E-state index >= 15 is 0 Å². The van der Waals surface area contributed by atoms with Gasteiger partial charge in [0.15, 0.2) is 0 Å². The number of Topliss-reactive ketones (excluding diaryl/α,β-unsaturated/α-hetero) is 1. The SMILES string of the molecule is CCC(CC)N(CCO)CC(C)(C)C(C)=O. The Hall–Kier alpha value is -0.410. The summed E-state index contributed by atoms with van der Waals surface area (Å²) >= 11 is 0. The van der Waals surface area contributed by atoms with Crippen molar-refractivity contribution in [3.8, 4) is 0 Å². The summed E-state index contributed by atoms with van der Waals surface area (Å²) in [5, 5.41) is 9.09. The van der Waals surface area contributed by atoms with Crippen molar-refractivity contribution >= 4 is 5.78 Å². The summed E-state index contributed by atoms with van der Waals surface area (Å²) in [7, 11) is 0. The van der Waals surface area contributed by atoms with Crippen molar-refractivity contribution in [3.05, 3.63) is 0 Å². The van der Waals surface area contributed by atoms with Crippen LogP contribution >= 0.6 is 0 Å². The molecule has 3 heteroatoms. The van der Waals surface area contributed by atoms with Crippen LogP contribution in [-0.2, 0) is 4.79 Å². The van der Waals surface area contributed by atoms with E-state index in [0.29, 0.717) is 12.6 Å². The van der Waals surface area contributed by atoms with E-state index in [1.807, 2.05) is 13.8 Å². The average molecular weight is 229 g/mol. The van der Waals surface area contributed by atoms with Crippen LogP contribution in [0.5, 0.6) is 0 Å². The molecular formula is C13H27NO2. The van der Waals surface area contributed by atoms with Gasteiger partial charge in [0, 0.05) is 24.5 Å². The average Bonchev–Trinajstić information content (AvgIpc) is 2.19. The maximum atomic E-state index is 11.5. The molecule has 0 aliphatic rings. The fourth-order valence-corrected chi connectivity index (χ4v) is 1.94. The van der Waals surface area contributed by atoms with Crippen molar-refractivity contribution in [1.82, 2.24) is 4.90 Å². The molecule has 0 atom stereocenters. The lowest BCUT2D eigenvalue weighted by Crippen LogP contribution is -2.45. The quantitative estimate of drug-likeness (QED) is 0.693. The number of carbonyl (C=O) groups excluding carboxylic acids is 1. The zero-order chi connectivity index (χ0) is 12.8. The highest BCUT2D eigenvalue weighted by molar-refractivity contribution is 5.81. The zero-order valence-electron chi connectivity index (χ0n) is 11.4. The molecule has 3 nitrogen and oxygen atoms in total. The van der Waals surface area contributed by atoms with Gasteiger partial charge in [0.25, 0.3) is 0 Å². The molecule has 0 spiro atoms. The molecule has 0 amide bonds. The van der Waals surface area contributed by atoms with Crippen LogP contribution in [0.2, 0.25) is 0 Å². The molecule has 0 rings (SSSR count). The molecule has 0 heterocycles. The van der Waals surface area contributed by atoms with E-state index in [2.05, 4.69) is 18.7 Å². The Bertz CT molecular complexity index is 210. The Morgan fingerprint density at radius 1 is 1.31 bits per heavy atom. The molecule has 0 unspecified atom stereocenters. The molecule has 0 aliphatic heterocycles. The summed E-state index contributed by atoms with van der Waals surface area (Å²) in [4.78, 5) is 13.8. The van der Waals surface area contributed by atoms with Gasteiger partial charge in [-0.05, 0) is 19.8 Å². The van der Waals surface area contributed by atoms with Crippen molar-refractivity contribution in [2.45, 2.75) is 53.5 Å². The van der Waals surface area contributed by atoms with Gasteiger partial charge >= 0.3 is 0 Å². The van der Waals surface area contributed by atoms with Crippen molar-refractivity contribution < 1.29 is 9.90 Å². The third-order valence-electron chi connectivity index (χ3n) is 3.40. The maximum Gasteiger partial charge on any atom is 0.136 e.